The third-order valence-electron chi connectivity index (χ3n) is 4.81. The van der Waals surface area contributed by atoms with Crippen LogP contribution in [-0.2, 0) is 0 Å². The predicted octanol–water partition coefficient (Wildman–Crippen LogP) is 4.07. The number of aliphatic hydroxyl groups is 1. The number of phenols is 1. The summed E-state index contributed by atoms with van der Waals surface area (Å²) in [4.78, 5) is 0. The Balaban J connectivity index is 2.19. The van der Waals surface area contributed by atoms with Crippen molar-refractivity contribution in [2.45, 2.75) is 25.9 Å². The van der Waals surface area contributed by atoms with Crippen LogP contribution < -0.4 is 0 Å². The molecule has 0 amide bonds. The molecule has 2 heteroatoms. The van der Waals surface area contributed by atoms with Gasteiger partial charge < -0.3 is 10.2 Å². The molecule has 2 aliphatic carbocycles. The van der Waals surface area contributed by atoms with E-state index in [4.69, 9.17) is 0 Å². The first kappa shape index (κ1) is 12.7. The lowest BCUT2D eigenvalue weighted by Gasteiger charge is -2.33. The van der Waals surface area contributed by atoms with Crippen LogP contribution in [0.15, 0.2) is 36.4 Å². The fourth-order valence-corrected chi connectivity index (χ4v) is 3.76. The van der Waals surface area contributed by atoms with Crippen molar-refractivity contribution in [1.29, 1.82) is 0 Å². The quantitative estimate of drug-likeness (QED) is 0.825. The van der Waals surface area contributed by atoms with Gasteiger partial charge in [-0.1, -0.05) is 43.4 Å². The maximum Gasteiger partial charge on any atom is 0.124 e. The Morgan fingerprint density at radius 1 is 1.24 bits per heavy atom. The molecule has 0 aliphatic heterocycles. The minimum Gasteiger partial charge on any atom is -0.507 e. The Labute approximate surface area is 124 Å². The number of allylic oxidation sites excluding steroid dienone is 2. The molecule has 4 rings (SSSR count). The topological polar surface area (TPSA) is 40.5 Å². The maximum atomic E-state index is 10.3. The summed E-state index contributed by atoms with van der Waals surface area (Å²) in [6.45, 7) is 4.01. The number of hydrogen-bond acceptors (Lipinski definition) is 2. The lowest BCUT2D eigenvalue weighted by Crippen LogP contribution is -2.18. The van der Waals surface area contributed by atoms with Crippen molar-refractivity contribution in [1.82, 2.24) is 0 Å². The van der Waals surface area contributed by atoms with E-state index in [9.17, 15) is 10.2 Å². The van der Waals surface area contributed by atoms with E-state index in [2.05, 4.69) is 25.2 Å². The highest BCUT2D eigenvalue weighted by atomic mass is 16.3. The van der Waals surface area contributed by atoms with Crippen molar-refractivity contribution in [3.05, 3.63) is 53.1 Å². The zero-order valence-corrected chi connectivity index (χ0v) is 12.2. The van der Waals surface area contributed by atoms with Gasteiger partial charge >= 0.3 is 0 Å². The number of aliphatic hydroxyl groups excluding tert-OH is 1. The number of benzene rings is 2. The Kier molecular flexibility index (Phi) is 2.54. The van der Waals surface area contributed by atoms with Crippen molar-refractivity contribution in [2.75, 3.05) is 0 Å². The van der Waals surface area contributed by atoms with Crippen molar-refractivity contribution in [3.63, 3.8) is 0 Å². The van der Waals surface area contributed by atoms with Crippen LogP contribution in [0, 0.1) is 5.92 Å². The molecule has 0 spiro atoms. The van der Waals surface area contributed by atoms with E-state index in [0.29, 0.717) is 11.7 Å². The summed E-state index contributed by atoms with van der Waals surface area (Å²) >= 11 is 0. The second kappa shape index (κ2) is 4.22. The normalized spacial score (nSPS) is 24.0. The molecule has 0 saturated carbocycles. The van der Waals surface area contributed by atoms with Crippen LogP contribution in [0.5, 0.6) is 5.75 Å². The Morgan fingerprint density at radius 2 is 2.05 bits per heavy atom. The first-order valence-electron chi connectivity index (χ1n) is 7.45. The second-order valence-corrected chi connectivity index (χ2v) is 6.17. The molecule has 21 heavy (non-hydrogen) atoms. The minimum absolute atomic E-state index is 0.271. The van der Waals surface area contributed by atoms with E-state index in [1.165, 1.54) is 5.56 Å². The first-order chi connectivity index (χ1) is 10.1. The van der Waals surface area contributed by atoms with E-state index in [0.717, 1.165) is 27.5 Å². The van der Waals surface area contributed by atoms with Gasteiger partial charge in [0.25, 0.3) is 0 Å². The highest BCUT2D eigenvalue weighted by Crippen LogP contribution is 2.49. The fourth-order valence-electron chi connectivity index (χ4n) is 3.76. The summed E-state index contributed by atoms with van der Waals surface area (Å²) in [5, 5.41) is 22.5. The van der Waals surface area contributed by atoms with Crippen molar-refractivity contribution in [2.24, 2.45) is 5.92 Å². The summed E-state index contributed by atoms with van der Waals surface area (Å²) in [6.07, 6.45) is 5.99. The largest absolute Gasteiger partial charge is 0.507 e. The summed E-state index contributed by atoms with van der Waals surface area (Å²) in [6, 6.07) is 7.81. The van der Waals surface area contributed by atoms with Gasteiger partial charge in [-0.25, -0.2) is 0 Å². The van der Waals surface area contributed by atoms with Gasteiger partial charge in [0.15, 0.2) is 0 Å². The van der Waals surface area contributed by atoms with Crippen LogP contribution >= 0.6 is 0 Å². The van der Waals surface area contributed by atoms with Gasteiger partial charge in [-0.2, -0.15) is 0 Å². The van der Waals surface area contributed by atoms with E-state index in [1.54, 1.807) is 0 Å². The molecule has 0 aromatic heterocycles. The lowest BCUT2D eigenvalue weighted by molar-refractivity contribution is 0.252. The minimum atomic E-state index is -0.507. The van der Waals surface area contributed by atoms with E-state index in [1.807, 2.05) is 31.2 Å². The number of phenolic OH excluding ortho intramolecular Hbond substituents is 1. The van der Waals surface area contributed by atoms with E-state index >= 15 is 0 Å². The Hall–Kier alpha value is -2.06. The van der Waals surface area contributed by atoms with Crippen LogP contribution in [0.4, 0.5) is 0 Å². The van der Waals surface area contributed by atoms with Gasteiger partial charge in [0, 0.05) is 11.3 Å². The zero-order chi connectivity index (χ0) is 14.7. The average molecular weight is 278 g/mol. The molecule has 2 aromatic rings. The van der Waals surface area contributed by atoms with Crippen LogP contribution in [0.1, 0.15) is 36.5 Å². The molecule has 0 radical (unpaired) electrons. The van der Waals surface area contributed by atoms with Crippen LogP contribution in [0.2, 0.25) is 0 Å². The van der Waals surface area contributed by atoms with E-state index in [-0.39, 0.29) is 5.92 Å². The molecule has 106 valence electrons. The Bertz CT molecular complexity index is 812. The first-order valence-corrected chi connectivity index (χ1v) is 7.45. The molecular weight excluding hydrogens is 260 g/mol. The number of aromatic hydroxyl groups is 1. The van der Waals surface area contributed by atoms with Crippen LogP contribution in [0.25, 0.3) is 22.4 Å². The Morgan fingerprint density at radius 3 is 2.81 bits per heavy atom. The van der Waals surface area contributed by atoms with Gasteiger partial charge in [0.2, 0.25) is 0 Å². The molecule has 0 fully saturated rings. The van der Waals surface area contributed by atoms with Crippen LogP contribution in [-0.4, -0.2) is 16.3 Å². The van der Waals surface area contributed by atoms with Gasteiger partial charge in [-0.15, -0.1) is 0 Å². The molecular formula is C19H18O2. The fraction of sp³-hybridized carbons (Fsp3) is 0.263. The standard InChI is InChI=1S/C19H18O2/c1-10-6-7-12-8-17(21)14-5-3-4-13-16(11(2)20)9-15(10)18(12)19(13)14/h3-11,15,20-21H,1-2H3. The molecule has 2 N–H and O–H groups in total. The van der Waals surface area contributed by atoms with E-state index < -0.39 is 6.10 Å². The average Bonchev–Trinajstić information content (AvgIpc) is 2.47. The van der Waals surface area contributed by atoms with Gasteiger partial charge in [-0.05, 0) is 46.6 Å². The second-order valence-electron chi connectivity index (χ2n) is 6.17. The molecule has 2 aromatic carbocycles. The SMILES string of the molecule is CC(O)C1=CC2c3c(cc(O)c4cccc1c34)C=CC2C. The lowest BCUT2D eigenvalue weighted by atomic mass is 9.71. The molecule has 3 atom stereocenters. The van der Waals surface area contributed by atoms with Crippen LogP contribution in [0.3, 0.4) is 0 Å². The summed E-state index contributed by atoms with van der Waals surface area (Å²) < 4.78 is 0. The highest BCUT2D eigenvalue weighted by molar-refractivity contribution is 6.04. The number of hydrogen-bond donors (Lipinski definition) is 2. The predicted molar refractivity (Wildman–Crippen MR) is 86.2 cm³/mol. The third-order valence-corrected chi connectivity index (χ3v) is 4.81. The van der Waals surface area contributed by atoms with Gasteiger partial charge in [0.1, 0.15) is 5.75 Å². The molecule has 0 heterocycles. The summed E-state index contributed by atoms with van der Waals surface area (Å²) in [7, 11) is 0. The maximum absolute atomic E-state index is 10.3. The summed E-state index contributed by atoms with van der Waals surface area (Å²) in [5.41, 5.74) is 4.40. The molecule has 0 bridgehead atoms. The zero-order valence-electron chi connectivity index (χ0n) is 12.2. The molecule has 3 unspecified atom stereocenters. The van der Waals surface area contributed by atoms with Gasteiger partial charge in [0.05, 0.1) is 6.10 Å². The molecule has 2 aliphatic rings. The van der Waals surface area contributed by atoms with Gasteiger partial charge in [-0.3, -0.25) is 0 Å². The third kappa shape index (κ3) is 1.63. The van der Waals surface area contributed by atoms with Crippen molar-refractivity contribution >= 4 is 22.4 Å². The van der Waals surface area contributed by atoms with Crippen molar-refractivity contribution < 1.29 is 10.2 Å². The molecule has 2 nitrogen and oxygen atoms in total. The monoisotopic (exact) mass is 278 g/mol. The summed E-state index contributed by atoms with van der Waals surface area (Å²) in [5.74, 6) is 0.982. The smallest absolute Gasteiger partial charge is 0.124 e. The van der Waals surface area contributed by atoms with Crippen molar-refractivity contribution in [3.8, 4) is 5.75 Å². The number of rotatable bonds is 1. The molecule has 0 saturated heterocycles. The highest BCUT2D eigenvalue weighted by Gasteiger charge is 2.31.